The largest absolute Gasteiger partial charge is 0.497 e. The molecule has 10 heteroatoms. The number of rotatable bonds is 6. The van der Waals surface area contributed by atoms with Crippen molar-refractivity contribution in [1.82, 2.24) is 24.4 Å². The Labute approximate surface area is 225 Å². The molecule has 1 saturated carbocycles. The van der Waals surface area contributed by atoms with Crippen LogP contribution in [0.25, 0.3) is 28.2 Å². The second-order valence-corrected chi connectivity index (χ2v) is 10.3. The molecule has 2 aliphatic heterocycles. The Bertz CT molecular complexity index is 1550. The maximum absolute atomic E-state index is 12.6. The Morgan fingerprint density at radius 1 is 1.03 bits per heavy atom. The third-order valence-corrected chi connectivity index (χ3v) is 7.52. The van der Waals surface area contributed by atoms with Gasteiger partial charge in [0.1, 0.15) is 30.6 Å². The molecular weight excluding hydrogens is 496 g/mol. The summed E-state index contributed by atoms with van der Waals surface area (Å²) in [5, 5.41) is 3.49. The fourth-order valence-corrected chi connectivity index (χ4v) is 5.40. The van der Waals surface area contributed by atoms with Crippen molar-refractivity contribution in [2.45, 2.75) is 31.7 Å². The molecule has 1 amide bonds. The molecule has 7 rings (SSSR count). The number of carbonyl (C=O) groups excluding carboxylic acids is 1. The summed E-state index contributed by atoms with van der Waals surface area (Å²) in [6.07, 6.45) is 5.73. The first kappa shape index (κ1) is 23.8. The van der Waals surface area contributed by atoms with Crippen molar-refractivity contribution in [3.8, 4) is 34.5 Å². The van der Waals surface area contributed by atoms with Gasteiger partial charge >= 0.3 is 0 Å². The van der Waals surface area contributed by atoms with Gasteiger partial charge in [0, 0.05) is 42.9 Å². The van der Waals surface area contributed by atoms with E-state index in [1.807, 2.05) is 51.9 Å². The number of carbonyl (C=O) groups is 1. The van der Waals surface area contributed by atoms with Gasteiger partial charge in [0.2, 0.25) is 11.9 Å². The minimum atomic E-state index is 0.105. The van der Waals surface area contributed by atoms with Gasteiger partial charge in [-0.15, -0.1) is 0 Å². The van der Waals surface area contributed by atoms with E-state index < -0.39 is 0 Å². The van der Waals surface area contributed by atoms with Gasteiger partial charge in [-0.25, -0.2) is 9.97 Å². The Kier molecular flexibility index (Phi) is 5.94. The lowest BCUT2D eigenvalue weighted by atomic mass is 10.1. The number of anilines is 1. The number of amides is 1. The highest BCUT2D eigenvalue weighted by molar-refractivity contribution is 5.84. The Balaban J connectivity index is 1.25. The first-order chi connectivity index (χ1) is 19.2. The number of hydrogen-bond acceptors (Lipinski definition) is 8. The lowest BCUT2D eigenvalue weighted by Gasteiger charge is -2.33. The number of benzene rings is 2. The van der Waals surface area contributed by atoms with Crippen LogP contribution < -0.4 is 19.5 Å². The van der Waals surface area contributed by atoms with Crippen LogP contribution in [0.4, 0.5) is 5.95 Å². The number of nitrogens with zero attached hydrogens (tertiary/aromatic N) is 5. The number of imidazole rings is 1. The third kappa shape index (κ3) is 4.60. The molecule has 0 radical (unpaired) electrons. The lowest BCUT2D eigenvalue weighted by Crippen LogP contribution is -2.45. The summed E-state index contributed by atoms with van der Waals surface area (Å²) in [4.78, 5) is 29.0. The molecule has 1 N–H and O–H groups in total. The number of fused-ring (bicyclic) bond motifs is 2. The van der Waals surface area contributed by atoms with Gasteiger partial charge in [-0.2, -0.15) is 4.98 Å². The first-order valence-electron chi connectivity index (χ1n) is 13.5. The van der Waals surface area contributed by atoms with Crippen LogP contribution >= 0.6 is 0 Å². The molecule has 2 fully saturated rings. The molecule has 2 aromatic heterocycles. The molecule has 4 aromatic rings. The summed E-state index contributed by atoms with van der Waals surface area (Å²) in [5.74, 6) is 4.59. The maximum atomic E-state index is 12.6. The average molecular weight is 527 g/mol. The molecule has 1 atom stereocenters. The van der Waals surface area contributed by atoms with Crippen molar-refractivity contribution in [3.63, 3.8) is 0 Å². The molecule has 2 aromatic carbocycles. The summed E-state index contributed by atoms with van der Waals surface area (Å²) in [7, 11) is 1.65. The summed E-state index contributed by atoms with van der Waals surface area (Å²) < 4.78 is 19.1. The van der Waals surface area contributed by atoms with Gasteiger partial charge in [-0.1, -0.05) is 0 Å². The molecule has 0 spiro atoms. The van der Waals surface area contributed by atoms with E-state index in [4.69, 9.17) is 24.2 Å². The van der Waals surface area contributed by atoms with Crippen LogP contribution in [0.1, 0.15) is 25.7 Å². The second kappa shape index (κ2) is 9.76. The number of aromatic nitrogens is 4. The van der Waals surface area contributed by atoms with Crippen molar-refractivity contribution in [3.05, 3.63) is 48.7 Å². The SMILES string of the molecule is COc1ccc2nc(-c3ccc4c(c3)OCCO4)n(-c3ccnc(N[C@H]4CCCN(C(=O)C5CC5)C4)n3)c2c1. The van der Waals surface area contributed by atoms with Crippen molar-refractivity contribution >= 4 is 22.9 Å². The molecule has 0 bridgehead atoms. The predicted octanol–water partition coefficient (Wildman–Crippen LogP) is 4.08. The van der Waals surface area contributed by atoms with Crippen molar-refractivity contribution in [2.75, 3.05) is 38.7 Å². The minimum Gasteiger partial charge on any atom is -0.497 e. The van der Waals surface area contributed by atoms with E-state index in [1.165, 1.54) is 0 Å². The zero-order valence-electron chi connectivity index (χ0n) is 21.8. The smallest absolute Gasteiger partial charge is 0.225 e. The Morgan fingerprint density at radius 2 is 1.90 bits per heavy atom. The number of ether oxygens (including phenoxy) is 3. The topological polar surface area (TPSA) is 104 Å². The number of methoxy groups -OCH3 is 1. The van der Waals surface area contributed by atoms with Gasteiger partial charge in [-0.3, -0.25) is 9.36 Å². The van der Waals surface area contributed by atoms with E-state index in [2.05, 4.69) is 10.3 Å². The highest BCUT2D eigenvalue weighted by atomic mass is 16.6. The maximum Gasteiger partial charge on any atom is 0.225 e. The van der Waals surface area contributed by atoms with E-state index in [0.29, 0.717) is 43.2 Å². The predicted molar refractivity (Wildman–Crippen MR) is 146 cm³/mol. The minimum absolute atomic E-state index is 0.105. The molecule has 39 heavy (non-hydrogen) atoms. The van der Waals surface area contributed by atoms with Gasteiger partial charge in [-0.05, 0) is 62.1 Å². The molecule has 1 aliphatic carbocycles. The van der Waals surface area contributed by atoms with Gasteiger partial charge in [0.05, 0.1) is 18.1 Å². The first-order valence-corrected chi connectivity index (χ1v) is 13.5. The van der Waals surface area contributed by atoms with Gasteiger partial charge in [0.25, 0.3) is 0 Å². The molecular formula is C29H30N6O4. The van der Waals surface area contributed by atoms with Crippen LogP contribution in [-0.4, -0.2) is 69.8 Å². The summed E-state index contributed by atoms with van der Waals surface area (Å²) in [6, 6.07) is 13.6. The number of likely N-dealkylation sites (tertiary alicyclic amines) is 1. The highest BCUT2D eigenvalue weighted by Gasteiger charge is 2.35. The summed E-state index contributed by atoms with van der Waals surface area (Å²) in [5.41, 5.74) is 2.56. The van der Waals surface area contributed by atoms with E-state index in [1.54, 1.807) is 13.3 Å². The van der Waals surface area contributed by atoms with Gasteiger partial charge in [0.15, 0.2) is 11.5 Å². The van der Waals surface area contributed by atoms with Crippen LogP contribution in [0, 0.1) is 5.92 Å². The molecule has 3 aliphatic rings. The zero-order chi connectivity index (χ0) is 26.3. The molecule has 4 heterocycles. The normalized spacial score (nSPS) is 18.7. The highest BCUT2D eigenvalue weighted by Crippen LogP contribution is 2.37. The van der Waals surface area contributed by atoms with Crippen LogP contribution in [0.3, 0.4) is 0 Å². The number of nitrogens with one attached hydrogen (secondary N) is 1. The number of piperidine rings is 1. The molecule has 200 valence electrons. The van der Waals surface area contributed by atoms with E-state index in [0.717, 1.165) is 66.1 Å². The Morgan fingerprint density at radius 3 is 2.74 bits per heavy atom. The van der Waals surface area contributed by atoms with Crippen LogP contribution in [0.15, 0.2) is 48.7 Å². The fourth-order valence-electron chi connectivity index (χ4n) is 5.40. The van der Waals surface area contributed by atoms with E-state index >= 15 is 0 Å². The second-order valence-electron chi connectivity index (χ2n) is 10.3. The number of hydrogen-bond donors (Lipinski definition) is 1. The Hall–Kier alpha value is -4.34. The van der Waals surface area contributed by atoms with Gasteiger partial charge < -0.3 is 24.4 Å². The quantitative estimate of drug-likeness (QED) is 0.401. The van der Waals surface area contributed by atoms with Crippen LogP contribution in [0.2, 0.25) is 0 Å². The zero-order valence-corrected chi connectivity index (χ0v) is 21.8. The summed E-state index contributed by atoms with van der Waals surface area (Å²) in [6.45, 7) is 2.55. The standard InChI is InChI=1S/C29H30N6O4/c1-37-21-7-8-22-23(16-21)35(27(32-22)19-6-9-24-25(15-19)39-14-13-38-24)26-10-11-30-29(33-26)31-20-3-2-12-34(17-20)28(36)18-4-5-18/h6-11,15-16,18,20H,2-5,12-14,17H2,1H3,(H,30,31,33)/t20-/m0/s1. The monoisotopic (exact) mass is 526 g/mol. The van der Waals surface area contributed by atoms with Crippen LogP contribution in [0.5, 0.6) is 17.2 Å². The fraction of sp³-hybridized carbons (Fsp3) is 0.379. The molecule has 1 saturated heterocycles. The van der Waals surface area contributed by atoms with E-state index in [-0.39, 0.29) is 12.0 Å². The van der Waals surface area contributed by atoms with Crippen molar-refractivity contribution in [1.29, 1.82) is 0 Å². The van der Waals surface area contributed by atoms with Crippen molar-refractivity contribution in [2.24, 2.45) is 5.92 Å². The average Bonchev–Trinajstić information content (AvgIpc) is 3.76. The summed E-state index contributed by atoms with van der Waals surface area (Å²) >= 11 is 0. The molecule has 0 unspecified atom stereocenters. The van der Waals surface area contributed by atoms with Crippen LogP contribution in [-0.2, 0) is 4.79 Å². The lowest BCUT2D eigenvalue weighted by molar-refractivity contribution is -0.133. The molecule has 10 nitrogen and oxygen atoms in total. The van der Waals surface area contributed by atoms with E-state index in [9.17, 15) is 4.79 Å². The third-order valence-electron chi connectivity index (χ3n) is 7.52. The van der Waals surface area contributed by atoms with Crippen molar-refractivity contribution < 1.29 is 19.0 Å².